The smallest absolute Gasteiger partial charge is 0.267 e. The van der Waals surface area contributed by atoms with Crippen LogP contribution in [0.15, 0.2) is 47.3 Å². The Hall–Kier alpha value is -2.93. The second kappa shape index (κ2) is 7.53. The van der Waals surface area contributed by atoms with Gasteiger partial charge >= 0.3 is 0 Å². The number of hydrogen-bond acceptors (Lipinski definition) is 4. The number of amides is 1. The summed E-state index contributed by atoms with van der Waals surface area (Å²) in [4.78, 5) is 24.2. The lowest BCUT2D eigenvalue weighted by Crippen LogP contribution is -2.33. The molecular formula is C18H18ClN5O2. The number of hydrogen-bond donors (Lipinski definition) is 1. The van der Waals surface area contributed by atoms with Crippen LogP contribution in [0.5, 0.6) is 0 Å². The van der Waals surface area contributed by atoms with Crippen molar-refractivity contribution in [2.24, 2.45) is 0 Å². The molecule has 0 atom stereocenters. The topological polar surface area (TPSA) is 81.8 Å². The molecule has 3 aromatic rings. The normalized spacial score (nSPS) is 10.7. The van der Waals surface area contributed by atoms with Crippen molar-refractivity contribution < 1.29 is 4.79 Å². The van der Waals surface area contributed by atoms with Crippen molar-refractivity contribution in [1.82, 2.24) is 24.9 Å². The minimum absolute atomic E-state index is 0.174. The second-order valence-electron chi connectivity index (χ2n) is 5.93. The number of nitrogens with one attached hydrogen (secondary N) is 1. The summed E-state index contributed by atoms with van der Waals surface area (Å²) >= 11 is 5.92. The Labute approximate surface area is 155 Å². The molecule has 7 nitrogen and oxygen atoms in total. The van der Waals surface area contributed by atoms with E-state index in [9.17, 15) is 9.59 Å². The van der Waals surface area contributed by atoms with Crippen molar-refractivity contribution in [3.05, 3.63) is 74.8 Å². The SMILES string of the molecule is Cc1cc(C)n(-c2ccc(=O)n(CC(=O)NCc3cccc(Cl)c3)n2)n1. The standard InChI is InChI=1S/C18H18ClN5O2/c1-12-8-13(2)24(21-12)16-6-7-18(26)23(22-16)11-17(25)20-10-14-4-3-5-15(19)9-14/h3-9H,10-11H2,1-2H3,(H,20,25). The number of carbonyl (C=O) groups excluding carboxylic acids is 1. The molecule has 2 aromatic heterocycles. The number of halogens is 1. The van der Waals surface area contributed by atoms with Gasteiger partial charge in [0.1, 0.15) is 6.54 Å². The highest BCUT2D eigenvalue weighted by molar-refractivity contribution is 6.30. The Morgan fingerprint density at radius 2 is 1.96 bits per heavy atom. The van der Waals surface area contributed by atoms with E-state index in [-0.39, 0.29) is 18.0 Å². The lowest BCUT2D eigenvalue weighted by molar-refractivity contribution is -0.122. The van der Waals surface area contributed by atoms with Crippen LogP contribution in [-0.4, -0.2) is 25.5 Å². The van der Waals surface area contributed by atoms with Gasteiger partial charge in [0.25, 0.3) is 5.56 Å². The fourth-order valence-electron chi connectivity index (χ4n) is 2.56. The van der Waals surface area contributed by atoms with Crippen molar-refractivity contribution in [2.75, 3.05) is 0 Å². The van der Waals surface area contributed by atoms with E-state index in [4.69, 9.17) is 11.6 Å². The highest BCUT2D eigenvalue weighted by Gasteiger charge is 2.10. The first-order valence-corrected chi connectivity index (χ1v) is 8.43. The fourth-order valence-corrected chi connectivity index (χ4v) is 2.78. The van der Waals surface area contributed by atoms with Gasteiger partial charge in [0.15, 0.2) is 5.82 Å². The number of rotatable bonds is 5. The zero-order valence-corrected chi connectivity index (χ0v) is 15.2. The van der Waals surface area contributed by atoms with Crippen LogP contribution in [0, 0.1) is 13.8 Å². The minimum atomic E-state index is -0.354. The van der Waals surface area contributed by atoms with Gasteiger partial charge in [-0.05, 0) is 43.7 Å². The van der Waals surface area contributed by atoms with Gasteiger partial charge in [0.05, 0.1) is 5.69 Å². The van der Waals surface area contributed by atoms with Crippen LogP contribution in [0.4, 0.5) is 0 Å². The molecular weight excluding hydrogens is 354 g/mol. The Balaban J connectivity index is 1.73. The molecule has 1 N–H and O–H groups in total. The van der Waals surface area contributed by atoms with Crippen LogP contribution < -0.4 is 10.9 Å². The van der Waals surface area contributed by atoms with E-state index in [0.29, 0.717) is 17.4 Å². The number of nitrogens with zero attached hydrogens (tertiary/aromatic N) is 4. The molecule has 134 valence electrons. The summed E-state index contributed by atoms with van der Waals surface area (Å²) < 4.78 is 2.76. The third-order valence-corrected chi connectivity index (χ3v) is 3.99. The summed E-state index contributed by atoms with van der Waals surface area (Å²) in [5.41, 5.74) is 2.27. The average Bonchev–Trinajstić information content (AvgIpc) is 2.93. The molecule has 0 spiro atoms. The first-order chi connectivity index (χ1) is 12.4. The van der Waals surface area contributed by atoms with Crippen LogP contribution in [0.25, 0.3) is 5.82 Å². The number of aromatic nitrogens is 4. The van der Waals surface area contributed by atoms with Crippen molar-refractivity contribution in [3.8, 4) is 5.82 Å². The summed E-state index contributed by atoms with van der Waals surface area (Å²) in [7, 11) is 0. The largest absolute Gasteiger partial charge is 0.350 e. The molecule has 2 heterocycles. The van der Waals surface area contributed by atoms with Gasteiger partial charge in [-0.2, -0.15) is 5.10 Å². The summed E-state index contributed by atoms with van der Waals surface area (Å²) in [6, 6.07) is 12.1. The van der Waals surface area contributed by atoms with E-state index in [1.807, 2.05) is 32.0 Å². The Morgan fingerprint density at radius 1 is 1.15 bits per heavy atom. The van der Waals surface area contributed by atoms with Gasteiger partial charge in [-0.15, -0.1) is 5.10 Å². The van der Waals surface area contributed by atoms with E-state index in [1.165, 1.54) is 6.07 Å². The van der Waals surface area contributed by atoms with Crippen molar-refractivity contribution in [2.45, 2.75) is 26.9 Å². The van der Waals surface area contributed by atoms with Gasteiger partial charge in [0, 0.05) is 23.3 Å². The van der Waals surface area contributed by atoms with Crippen molar-refractivity contribution >= 4 is 17.5 Å². The summed E-state index contributed by atoms with van der Waals surface area (Å²) in [6.07, 6.45) is 0. The highest BCUT2D eigenvalue weighted by atomic mass is 35.5. The molecule has 0 unspecified atom stereocenters. The van der Waals surface area contributed by atoms with Gasteiger partial charge in [0.2, 0.25) is 5.91 Å². The molecule has 0 radical (unpaired) electrons. The third-order valence-electron chi connectivity index (χ3n) is 3.75. The molecule has 8 heteroatoms. The van der Waals surface area contributed by atoms with E-state index in [1.54, 1.807) is 22.9 Å². The molecule has 0 aliphatic carbocycles. The molecule has 0 fully saturated rings. The van der Waals surface area contributed by atoms with Crippen LogP contribution in [-0.2, 0) is 17.9 Å². The van der Waals surface area contributed by atoms with Crippen molar-refractivity contribution in [1.29, 1.82) is 0 Å². The first-order valence-electron chi connectivity index (χ1n) is 8.05. The van der Waals surface area contributed by atoms with E-state index < -0.39 is 0 Å². The first kappa shape index (κ1) is 17.9. The quantitative estimate of drug-likeness (QED) is 0.743. The third kappa shape index (κ3) is 4.18. The average molecular weight is 372 g/mol. The predicted octanol–water partition coefficient (Wildman–Crippen LogP) is 2.02. The minimum Gasteiger partial charge on any atom is -0.350 e. The molecule has 1 amide bonds. The maximum absolute atomic E-state index is 12.2. The molecule has 1 aromatic carbocycles. The Morgan fingerprint density at radius 3 is 2.65 bits per heavy atom. The summed E-state index contributed by atoms with van der Waals surface area (Å²) in [6.45, 7) is 3.93. The van der Waals surface area contributed by atoms with Crippen LogP contribution in [0.2, 0.25) is 5.02 Å². The molecule has 0 saturated heterocycles. The van der Waals surface area contributed by atoms with Gasteiger partial charge in [-0.3, -0.25) is 9.59 Å². The molecule has 0 aliphatic rings. The second-order valence-corrected chi connectivity index (χ2v) is 6.37. The maximum atomic E-state index is 12.2. The fraction of sp³-hybridized carbons (Fsp3) is 0.222. The number of benzene rings is 1. The Bertz CT molecular complexity index is 1010. The molecule has 0 saturated carbocycles. The predicted molar refractivity (Wildman–Crippen MR) is 98.4 cm³/mol. The van der Waals surface area contributed by atoms with Gasteiger partial charge in [-0.25, -0.2) is 9.36 Å². The number of carbonyl (C=O) groups is 1. The lowest BCUT2D eigenvalue weighted by Gasteiger charge is -2.09. The van der Waals surface area contributed by atoms with E-state index in [2.05, 4.69) is 15.5 Å². The van der Waals surface area contributed by atoms with Gasteiger partial charge < -0.3 is 5.32 Å². The van der Waals surface area contributed by atoms with Gasteiger partial charge in [-0.1, -0.05) is 23.7 Å². The zero-order chi connectivity index (χ0) is 18.7. The summed E-state index contributed by atoms with van der Waals surface area (Å²) in [5.74, 6) is 0.169. The lowest BCUT2D eigenvalue weighted by atomic mass is 10.2. The molecule has 26 heavy (non-hydrogen) atoms. The molecule has 0 aliphatic heterocycles. The van der Waals surface area contributed by atoms with Crippen LogP contribution in [0.1, 0.15) is 17.0 Å². The monoisotopic (exact) mass is 371 g/mol. The summed E-state index contributed by atoms with van der Waals surface area (Å²) in [5, 5.41) is 11.9. The molecule has 0 bridgehead atoms. The zero-order valence-electron chi connectivity index (χ0n) is 14.4. The maximum Gasteiger partial charge on any atom is 0.267 e. The number of aryl methyl sites for hydroxylation is 2. The van der Waals surface area contributed by atoms with Crippen molar-refractivity contribution in [3.63, 3.8) is 0 Å². The van der Waals surface area contributed by atoms with E-state index >= 15 is 0 Å². The van der Waals surface area contributed by atoms with Crippen LogP contribution in [0.3, 0.4) is 0 Å². The van der Waals surface area contributed by atoms with E-state index in [0.717, 1.165) is 21.6 Å². The van der Waals surface area contributed by atoms with Crippen LogP contribution >= 0.6 is 11.6 Å². The highest BCUT2D eigenvalue weighted by Crippen LogP contribution is 2.10. The molecule has 3 rings (SSSR count). The Kier molecular flexibility index (Phi) is 5.18.